The van der Waals surface area contributed by atoms with Gasteiger partial charge in [-0.2, -0.15) is 0 Å². The van der Waals surface area contributed by atoms with E-state index in [0.717, 1.165) is 11.1 Å². The number of methoxy groups -OCH3 is 2. The molecule has 0 aliphatic carbocycles. The number of Topliss-reactive ketones (excluding diaryl/α,β-unsaturated/α-hetero) is 1. The molecule has 0 saturated carbocycles. The van der Waals surface area contributed by atoms with Gasteiger partial charge in [0.1, 0.15) is 19.1 Å². The molecule has 0 unspecified atom stereocenters. The molecule has 1 fully saturated rings. The minimum Gasteiger partial charge on any atom is -0.493 e. The van der Waals surface area contributed by atoms with Crippen LogP contribution >= 0.6 is 0 Å². The molecule has 44 heavy (non-hydrogen) atoms. The smallest absolute Gasteiger partial charge is 0.317 e. The number of esters is 1. The maximum Gasteiger partial charge on any atom is 0.317 e. The predicted molar refractivity (Wildman–Crippen MR) is 160 cm³/mol. The molecule has 1 aliphatic rings. The largest absolute Gasteiger partial charge is 0.493 e. The fraction of sp³-hybridized carbons (Fsp3) is 0.235. The number of benzene rings is 4. The van der Waals surface area contributed by atoms with Crippen molar-refractivity contribution in [3.8, 4) is 23.0 Å². The molecule has 10 nitrogen and oxygen atoms in total. The Balaban J connectivity index is 1.35. The van der Waals surface area contributed by atoms with Crippen molar-refractivity contribution in [1.82, 2.24) is 0 Å². The molecule has 5 rings (SSSR count). The number of rotatable bonds is 13. The number of ketones is 1. The molecule has 0 bridgehead atoms. The van der Waals surface area contributed by atoms with Gasteiger partial charge in [-0.25, -0.2) is 0 Å². The summed E-state index contributed by atoms with van der Waals surface area (Å²) in [6.07, 6.45) is 0.0309. The molecular weight excluding hydrogens is 566 g/mol. The van der Waals surface area contributed by atoms with Gasteiger partial charge in [0.05, 0.1) is 31.8 Å². The normalized spacial score (nSPS) is 15.7. The van der Waals surface area contributed by atoms with Crippen molar-refractivity contribution < 1.29 is 38.2 Å². The highest BCUT2D eigenvalue weighted by molar-refractivity contribution is 6.10. The third kappa shape index (κ3) is 6.81. The third-order valence-corrected chi connectivity index (χ3v) is 7.41. The summed E-state index contributed by atoms with van der Waals surface area (Å²) in [6.45, 7) is 0.436. The molecule has 0 aromatic heterocycles. The number of cyclic esters (lactones) is 1. The lowest BCUT2D eigenvalue weighted by Gasteiger charge is -2.17. The maximum absolute atomic E-state index is 13.7. The minimum absolute atomic E-state index is 0.0309. The second-order valence-electron chi connectivity index (χ2n) is 10.2. The highest BCUT2D eigenvalue weighted by atomic mass is 16.6. The van der Waals surface area contributed by atoms with Crippen LogP contribution < -0.4 is 18.9 Å². The Morgan fingerprint density at radius 3 is 2.00 bits per heavy atom. The topological polar surface area (TPSA) is 123 Å². The molecule has 2 atom stereocenters. The first-order valence-corrected chi connectivity index (χ1v) is 14.0. The van der Waals surface area contributed by atoms with Crippen LogP contribution in [0.2, 0.25) is 0 Å². The van der Waals surface area contributed by atoms with Gasteiger partial charge in [0.15, 0.2) is 28.8 Å². The Kier molecular flexibility index (Phi) is 9.39. The molecule has 4 aromatic carbocycles. The minimum atomic E-state index is -1.16. The molecule has 0 amide bonds. The highest BCUT2D eigenvalue weighted by Gasteiger charge is 2.43. The second-order valence-corrected chi connectivity index (χ2v) is 10.2. The van der Waals surface area contributed by atoms with Gasteiger partial charge >= 0.3 is 5.97 Å². The summed E-state index contributed by atoms with van der Waals surface area (Å²) in [5.41, 5.74) is 2.17. The van der Waals surface area contributed by atoms with E-state index in [-0.39, 0.29) is 36.6 Å². The van der Waals surface area contributed by atoms with E-state index in [1.54, 1.807) is 12.1 Å². The Bertz CT molecular complexity index is 1640. The molecular formula is C34H31NO9. The number of carbonyl (C=O) groups excluding carboxylic acids is 2. The number of hydrogen-bond acceptors (Lipinski definition) is 9. The number of ether oxygens (including phenoxy) is 5. The number of nitrogens with zero attached hydrogens (tertiary/aromatic N) is 1. The van der Waals surface area contributed by atoms with E-state index in [1.165, 1.54) is 32.4 Å². The fourth-order valence-corrected chi connectivity index (χ4v) is 5.14. The molecule has 1 saturated heterocycles. The Labute approximate surface area is 254 Å². The first-order valence-electron chi connectivity index (χ1n) is 14.0. The second kappa shape index (κ2) is 13.7. The van der Waals surface area contributed by atoms with E-state index in [2.05, 4.69) is 0 Å². The average Bonchev–Trinajstić information content (AvgIpc) is 3.42. The van der Waals surface area contributed by atoms with Crippen LogP contribution in [0.4, 0.5) is 5.69 Å². The molecule has 4 aromatic rings. The quantitative estimate of drug-likeness (QED) is 0.0601. The van der Waals surface area contributed by atoms with Crippen LogP contribution in [-0.2, 0) is 29.2 Å². The van der Waals surface area contributed by atoms with E-state index < -0.39 is 28.5 Å². The Morgan fingerprint density at radius 2 is 1.41 bits per heavy atom. The van der Waals surface area contributed by atoms with Crippen molar-refractivity contribution in [2.75, 3.05) is 20.8 Å². The van der Waals surface area contributed by atoms with Crippen molar-refractivity contribution in [3.63, 3.8) is 0 Å². The van der Waals surface area contributed by atoms with Gasteiger partial charge in [0.2, 0.25) is 0 Å². The fourth-order valence-electron chi connectivity index (χ4n) is 5.14. The first kappa shape index (κ1) is 30.1. The van der Waals surface area contributed by atoms with Crippen LogP contribution in [0.5, 0.6) is 23.0 Å². The Hall–Kier alpha value is -5.38. The molecule has 1 aliphatic heterocycles. The summed E-state index contributed by atoms with van der Waals surface area (Å²) in [6, 6.07) is 26.5. The summed E-state index contributed by atoms with van der Waals surface area (Å²) >= 11 is 0. The van der Waals surface area contributed by atoms with Gasteiger partial charge in [0.25, 0.3) is 5.69 Å². The molecule has 0 radical (unpaired) electrons. The van der Waals surface area contributed by atoms with Crippen molar-refractivity contribution in [2.45, 2.75) is 19.6 Å². The molecule has 1 heterocycles. The SMILES string of the molecule is COc1cc(C(=O)[C@H]2C(=O)OC[C@@H]2Cc2cc(OC)c(OCc3ccccc3)cc2[N+](=O)[O-])ccc1OCc1ccccc1. The van der Waals surface area contributed by atoms with Crippen molar-refractivity contribution in [1.29, 1.82) is 0 Å². The lowest BCUT2D eigenvalue weighted by Crippen LogP contribution is -2.27. The van der Waals surface area contributed by atoms with Crippen LogP contribution in [0.15, 0.2) is 91.0 Å². The predicted octanol–water partition coefficient (Wildman–Crippen LogP) is 5.98. The van der Waals surface area contributed by atoms with Gasteiger partial charge in [-0.05, 0) is 41.8 Å². The number of nitro benzene ring substituents is 1. The summed E-state index contributed by atoms with van der Waals surface area (Å²) in [5, 5.41) is 12.1. The summed E-state index contributed by atoms with van der Waals surface area (Å²) in [5.74, 6) is -1.67. The number of nitro groups is 1. The van der Waals surface area contributed by atoms with E-state index in [0.29, 0.717) is 29.4 Å². The zero-order valence-electron chi connectivity index (χ0n) is 24.3. The number of carbonyl (C=O) groups is 2. The maximum atomic E-state index is 13.7. The average molecular weight is 598 g/mol. The van der Waals surface area contributed by atoms with Crippen molar-refractivity contribution in [3.05, 3.63) is 123 Å². The van der Waals surface area contributed by atoms with E-state index in [1.807, 2.05) is 60.7 Å². The molecule has 0 N–H and O–H groups in total. The van der Waals surface area contributed by atoms with Crippen molar-refractivity contribution >= 4 is 17.4 Å². The van der Waals surface area contributed by atoms with E-state index in [4.69, 9.17) is 23.7 Å². The number of hydrogen-bond donors (Lipinski definition) is 0. The van der Waals surface area contributed by atoms with Crippen LogP contribution in [0.1, 0.15) is 27.0 Å². The van der Waals surface area contributed by atoms with E-state index >= 15 is 0 Å². The van der Waals surface area contributed by atoms with Gasteiger partial charge in [-0.3, -0.25) is 19.7 Å². The van der Waals surface area contributed by atoms with Gasteiger partial charge in [-0.15, -0.1) is 0 Å². The zero-order valence-corrected chi connectivity index (χ0v) is 24.3. The van der Waals surface area contributed by atoms with Gasteiger partial charge in [-0.1, -0.05) is 60.7 Å². The summed E-state index contributed by atoms with van der Waals surface area (Å²) in [7, 11) is 2.90. The standard InChI is InChI=1S/C34H31NO9/c1-40-29-16-24(13-14-28(29)42-19-22-9-5-3-6-10-22)33(36)32-26(21-44-34(32)37)15-25-17-30(41-2)31(18-27(25)35(38)39)43-20-23-11-7-4-8-12-23/h3-14,16-18,26,32H,15,19-21H2,1-2H3/t26-,32-/m0/s1. The lowest BCUT2D eigenvalue weighted by molar-refractivity contribution is -0.385. The molecule has 226 valence electrons. The van der Waals surface area contributed by atoms with E-state index in [9.17, 15) is 19.7 Å². The van der Waals surface area contributed by atoms with Crippen LogP contribution in [-0.4, -0.2) is 37.5 Å². The Morgan fingerprint density at radius 1 is 0.818 bits per heavy atom. The van der Waals surface area contributed by atoms with Gasteiger partial charge in [0, 0.05) is 17.0 Å². The zero-order chi connectivity index (χ0) is 31.1. The monoisotopic (exact) mass is 597 g/mol. The van der Waals surface area contributed by atoms with Crippen LogP contribution in [0, 0.1) is 22.0 Å². The highest BCUT2D eigenvalue weighted by Crippen LogP contribution is 2.39. The van der Waals surface area contributed by atoms with Gasteiger partial charge < -0.3 is 23.7 Å². The lowest BCUT2D eigenvalue weighted by atomic mass is 9.83. The first-order chi connectivity index (χ1) is 21.4. The van der Waals surface area contributed by atoms with Crippen LogP contribution in [0.3, 0.4) is 0 Å². The van der Waals surface area contributed by atoms with Crippen molar-refractivity contribution in [2.24, 2.45) is 11.8 Å². The third-order valence-electron chi connectivity index (χ3n) is 7.41. The summed E-state index contributed by atoms with van der Waals surface area (Å²) in [4.78, 5) is 38.0. The molecule has 0 spiro atoms. The molecule has 10 heteroatoms. The van der Waals surface area contributed by atoms with Crippen LogP contribution in [0.25, 0.3) is 0 Å². The summed E-state index contributed by atoms with van der Waals surface area (Å²) < 4.78 is 28.0.